The van der Waals surface area contributed by atoms with Crippen molar-refractivity contribution < 1.29 is 14.6 Å². The molecule has 0 unspecified atom stereocenters. The summed E-state index contributed by atoms with van der Waals surface area (Å²) in [7, 11) is 0. The summed E-state index contributed by atoms with van der Waals surface area (Å²) in [5.74, 6) is 1.47. The van der Waals surface area contributed by atoms with Crippen LogP contribution in [0.4, 0.5) is 0 Å². The highest BCUT2D eigenvalue weighted by Gasteiger charge is 2.66. The van der Waals surface area contributed by atoms with E-state index < -0.39 is 5.79 Å². The molecule has 0 aromatic heterocycles. The molecule has 0 bridgehead atoms. The number of hydrogen-bond acceptors (Lipinski definition) is 4. The number of aliphatic hydroxyl groups is 1. The fourth-order valence-corrected chi connectivity index (χ4v) is 8.49. The maximum absolute atomic E-state index is 10.2. The van der Waals surface area contributed by atoms with Crippen LogP contribution >= 0.6 is 0 Å². The van der Waals surface area contributed by atoms with Gasteiger partial charge in [-0.05, 0) is 80.5 Å². The van der Waals surface area contributed by atoms with E-state index in [1.165, 1.54) is 12.0 Å². The summed E-state index contributed by atoms with van der Waals surface area (Å²) in [5, 5.41) is 20.2. The average Bonchev–Trinajstić information content (AvgIpc) is 3.23. The Bertz CT molecular complexity index is 720. The molecule has 1 heterocycles. The van der Waals surface area contributed by atoms with Gasteiger partial charge in [0.05, 0.1) is 31.3 Å². The monoisotopic (exact) mass is 385 g/mol. The van der Waals surface area contributed by atoms with Crippen molar-refractivity contribution in [2.45, 2.75) is 77.6 Å². The van der Waals surface area contributed by atoms with E-state index in [9.17, 15) is 10.4 Å². The summed E-state index contributed by atoms with van der Waals surface area (Å²) in [6, 6.07) is 2.66. The minimum atomic E-state index is -0.606. The molecule has 4 aliphatic carbocycles. The molecule has 4 heteroatoms. The Morgan fingerprint density at radius 2 is 1.86 bits per heavy atom. The number of fused-ring (bicyclic) bond motifs is 5. The molecule has 8 atom stereocenters. The Kier molecular flexibility index (Phi) is 4.30. The van der Waals surface area contributed by atoms with Crippen LogP contribution in [0.25, 0.3) is 0 Å². The zero-order valence-electron chi connectivity index (χ0n) is 17.6. The number of aliphatic hydroxyl groups excluding tert-OH is 1. The van der Waals surface area contributed by atoms with Gasteiger partial charge in [0, 0.05) is 5.92 Å². The van der Waals surface area contributed by atoms with E-state index >= 15 is 0 Å². The lowest BCUT2D eigenvalue weighted by Crippen LogP contribution is -2.53. The van der Waals surface area contributed by atoms with Crippen molar-refractivity contribution in [3.63, 3.8) is 0 Å². The summed E-state index contributed by atoms with van der Waals surface area (Å²) in [6.45, 7) is 8.26. The lowest BCUT2D eigenvalue weighted by Gasteiger charge is -2.58. The summed E-state index contributed by atoms with van der Waals surface area (Å²) in [6.07, 6.45) is 9.72. The standard InChI is InChI=1S/C24H35NO3/c1-22-8-6-17(26)13-16(22)4-5-18-19(22)7-9-23(2)20(18)12-15(14-25)21(23)24(3)27-10-11-28-24/h4,15,17-21,26H,5-13H2,1-3H3/t15-,17+,18+,19-,20+,21+,22-,23+/m0/s1. The molecule has 0 radical (unpaired) electrons. The molecule has 4 fully saturated rings. The zero-order chi connectivity index (χ0) is 19.7. The van der Waals surface area contributed by atoms with Crippen molar-refractivity contribution in [3.05, 3.63) is 11.6 Å². The van der Waals surface area contributed by atoms with E-state index in [4.69, 9.17) is 9.47 Å². The lowest BCUT2D eigenvalue weighted by molar-refractivity contribution is -0.219. The summed E-state index contributed by atoms with van der Waals surface area (Å²) < 4.78 is 12.2. The Labute approximate surface area is 169 Å². The molecule has 3 saturated carbocycles. The highest BCUT2D eigenvalue weighted by Crippen LogP contribution is 2.69. The van der Waals surface area contributed by atoms with Gasteiger partial charge in [-0.3, -0.25) is 0 Å². The van der Waals surface area contributed by atoms with Gasteiger partial charge in [0.1, 0.15) is 0 Å². The average molecular weight is 386 g/mol. The molecule has 5 aliphatic rings. The van der Waals surface area contributed by atoms with Crippen molar-refractivity contribution in [2.75, 3.05) is 13.2 Å². The quantitative estimate of drug-likeness (QED) is 0.678. The smallest absolute Gasteiger partial charge is 0.170 e. The normalized spacial score (nSPS) is 52.2. The molecule has 1 saturated heterocycles. The first-order valence-corrected chi connectivity index (χ1v) is 11.4. The van der Waals surface area contributed by atoms with Crippen molar-refractivity contribution >= 4 is 0 Å². The van der Waals surface area contributed by atoms with Crippen LogP contribution in [-0.2, 0) is 9.47 Å². The van der Waals surface area contributed by atoms with E-state index in [1.54, 1.807) is 0 Å². The van der Waals surface area contributed by atoms with E-state index in [0.717, 1.165) is 38.5 Å². The number of hydrogen-bond donors (Lipinski definition) is 1. The fourth-order valence-electron chi connectivity index (χ4n) is 8.49. The van der Waals surface area contributed by atoms with Crippen molar-refractivity contribution in [3.8, 4) is 6.07 Å². The number of nitrogens with zero attached hydrogens (tertiary/aromatic N) is 1. The molecule has 1 N–H and O–H groups in total. The Morgan fingerprint density at radius 3 is 2.57 bits per heavy atom. The molecule has 1 aliphatic heterocycles. The summed E-state index contributed by atoms with van der Waals surface area (Å²) in [4.78, 5) is 0. The van der Waals surface area contributed by atoms with E-state index in [1.807, 2.05) is 0 Å². The van der Waals surface area contributed by atoms with Gasteiger partial charge < -0.3 is 14.6 Å². The van der Waals surface area contributed by atoms with Crippen LogP contribution < -0.4 is 0 Å². The van der Waals surface area contributed by atoms with E-state index in [0.29, 0.717) is 31.0 Å². The first-order valence-electron chi connectivity index (χ1n) is 11.4. The molecule has 0 aromatic rings. The van der Waals surface area contributed by atoms with Gasteiger partial charge in [-0.1, -0.05) is 25.5 Å². The number of ether oxygens (including phenoxy) is 2. The second-order valence-electron chi connectivity index (χ2n) is 10.9. The van der Waals surface area contributed by atoms with Crippen LogP contribution in [0, 0.1) is 51.8 Å². The topological polar surface area (TPSA) is 62.5 Å². The zero-order valence-corrected chi connectivity index (χ0v) is 17.6. The van der Waals surface area contributed by atoms with Crippen molar-refractivity contribution in [2.24, 2.45) is 40.4 Å². The number of rotatable bonds is 1. The molecule has 0 aromatic carbocycles. The van der Waals surface area contributed by atoms with Gasteiger partial charge in [0.15, 0.2) is 5.79 Å². The molecular formula is C24H35NO3. The highest BCUT2D eigenvalue weighted by atomic mass is 16.7. The largest absolute Gasteiger partial charge is 0.393 e. The molecule has 4 nitrogen and oxygen atoms in total. The maximum Gasteiger partial charge on any atom is 0.170 e. The van der Waals surface area contributed by atoms with Gasteiger partial charge in [-0.25, -0.2) is 0 Å². The molecule has 0 spiro atoms. The van der Waals surface area contributed by atoms with Crippen LogP contribution in [-0.4, -0.2) is 30.2 Å². The van der Waals surface area contributed by atoms with Crippen LogP contribution in [0.1, 0.15) is 65.7 Å². The molecular weight excluding hydrogens is 350 g/mol. The Morgan fingerprint density at radius 1 is 1.11 bits per heavy atom. The fraction of sp³-hybridized carbons (Fsp3) is 0.875. The van der Waals surface area contributed by atoms with Gasteiger partial charge in [-0.2, -0.15) is 5.26 Å². The third-order valence-electron chi connectivity index (χ3n) is 9.73. The molecule has 28 heavy (non-hydrogen) atoms. The first-order chi connectivity index (χ1) is 13.3. The first kappa shape index (κ1) is 19.1. The molecule has 154 valence electrons. The predicted octanol–water partition coefficient (Wildman–Crippen LogP) is 4.44. The highest BCUT2D eigenvalue weighted by molar-refractivity contribution is 5.26. The van der Waals surface area contributed by atoms with Crippen LogP contribution in [0.3, 0.4) is 0 Å². The van der Waals surface area contributed by atoms with Gasteiger partial charge >= 0.3 is 0 Å². The third kappa shape index (κ3) is 2.45. The van der Waals surface area contributed by atoms with Crippen LogP contribution in [0.2, 0.25) is 0 Å². The maximum atomic E-state index is 10.2. The minimum Gasteiger partial charge on any atom is -0.393 e. The Hall–Kier alpha value is -0.890. The summed E-state index contributed by atoms with van der Waals surface area (Å²) in [5.41, 5.74) is 1.86. The number of allylic oxidation sites excluding steroid dienone is 1. The van der Waals surface area contributed by atoms with Gasteiger partial charge in [0.2, 0.25) is 0 Å². The third-order valence-corrected chi connectivity index (χ3v) is 9.73. The van der Waals surface area contributed by atoms with Crippen molar-refractivity contribution in [1.82, 2.24) is 0 Å². The predicted molar refractivity (Wildman–Crippen MR) is 106 cm³/mol. The summed E-state index contributed by atoms with van der Waals surface area (Å²) >= 11 is 0. The second kappa shape index (κ2) is 6.30. The van der Waals surface area contributed by atoms with Crippen molar-refractivity contribution in [1.29, 1.82) is 5.26 Å². The Balaban J connectivity index is 1.50. The number of nitriles is 1. The molecule has 5 rings (SSSR count). The minimum absolute atomic E-state index is 0.0169. The SMILES string of the molecule is CC1([C@@H]2[C@H](C#N)C[C@@H]3[C@@H]4CC=C5C[C@H](O)CC[C@]5(C)[C@H]4CC[C@]32C)OCCO1. The van der Waals surface area contributed by atoms with Gasteiger partial charge in [0.25, 0.3) is 0 Å². The van der Waals surface area contributed by atoms with Gasteiger partial charge in [-0.15, -0.1) is 0 Å². The lowest BCUT2D eigenvalue weighted by atomic mass is 9.47. The second-order valence-corrected chi connectivity index (χ2v) is 10.9. The molecule has 0 amide bonds. The van der Waals surface area contributed by atoms with Crippen LogP contribution in [0.5, 0.6) is 0 Å². The van der Waals surface area contributed by atoms with E-state index in [2.05, 4.69) is 32.9 Å². The van der Waals surface area contributed by atoms with Crippen LogP contribution in [0.15, 0.2) is 11.6 Å². The van der Waals surface area contributed by atoms with E-state index in [-0.39, 0.29) is 28.8 Å².